The number of unbranched alkanes of at least 4 members (excludes halogenated alkanes) is 56. The maximum atomic E-state index is 13.1. The first-order valence-corrected chi connectivity index (χ1v) is 46.6. The number of rotatable bonds is 84. The predicted molar refractivity (Wildman–Crippen MR) is 423 cm³/mol. The van der Waals surface area contributed by atoms with Gasteiger partial charge in [-0.15, -0.1) is 0 Å². The van der Waals surface area contributed by atoms with Crippen LogP contribution in [0.2, 0.25) is 0 Å². The number of carbonyl (C=O) groups is 4. The summed E-state index contributed by atoms with van der Waals surface area (Å²) >= 11 is 0. The molecule has 0 amide bonds. The summed E-state index contributed by atoms with van der Waals surface area (Å²) in [4.78, 5) is 73.2. The molecule has 103 heavy (non-hydrogen) atoms. The third-order valence-electron chi connectivity index (χ3n) is 19.8. The van der Waals surface area contributed by atoms with Crippen molar-refractivity contribution >= 4 is 39.5 Å². The number of phosphoric acid groups is 2. The van der Waals surface area contributed by atoms with Crippen molar-refractivity contribution in [2.75, 3.05) is 39.6 Å². The van der Waals surface area contributed by atoms with Gasteiger partial charge in [-0.05, 0) is 31.6 Å². The molecule has 0 rings (SSSR count). The number of aliphatic hydroxyl groups excluding tert-OH is 1. The summed E-state index contributed by atoms with van der Waals surface area (Å²) in [5, 5.41) is 10.7. The van der Waals surface area contributed by atoms with Gasteiger partial charge in [-0.2, -0.15) is 0 Å². The second-order valence-corrected chi connectivity index (χ2v) is 33.6. The van der Waals surface area contributed by atoms with Crippen LogP contribution in [0.4, 0.5) is 0 Å². The Morgan fingerprint density at radius 2 is 0.447 bits per heavy atom. The van der Waals surface area contributed by atoms with Crippen molar-refractivity contribution in [2.45, 2.75) is 470 Å². The number of aliphatic hydroxyl groups is 1. The van der Waals surface area contributed by atoms with Crippen molar-refractivity contribution in [1.82, 2.24) is 0 Å². The molecule has 0 saturated heterocycles. The fourth-order valence-electron chi connectivity index (χ4n) is 13.1. The zero-order valence-electron chi connectivity index (χ0n) is 67.5. The van der Waals surface area contributed by atoms with Gasteiger partial charge in [0.2, 0.25) is 0 Å². The molecule has 0 fully saturated rings. The van der Waals surface area contributed by atoms with Crippen LogP contribution in [0.15, 0.2) is 0 Å². The second kappa shape index (κ2) is 76.8. The third kappa shape index (κ3) is 78.0. The van der Waals surface area contributed by atoms with Gasteiger partial charge in [0.25, 0.3) is 0 Å². The quantitative estimate of drug-likeness (QED) is 0.0222. The lowest BCUT2D eigenvalue weighted by Gasteiger charge is -2.21. The number of hydrogen-bond donors (Lipinski definition) is 3. The van der Waals surface area contributed by atoms with Gasteiger partial charge >= 0.3 is 39.5 Å². The van der Waals surface area contributed by atoms with Crippen molar-refractivity contribution in [3.63, 3.8) is 0 Å². The molecule has 612 valence electrons. The highest BCUT2D eigenvalue weighted by atomic mass is 31.2. The summed E-state index contributed by atoms with van der Waals surface area (Å²) in [6.07, 6.45) is 69.4. The molecule has 0 aliphatic rings. The molecule has 5 atom stereocenters. The van der Waals surface area contributed by atoms with Crippen LogP contribution in [0.25, 0.3) is 0 Å². The summed E-state index contributed by atoms with van der Waals surface area (Å²) < 4.78 is 68.9. The number of hydrogen-bond acceptors (Lipinski definition) is 15. The molecule has 0 aliphatic carbocycles. The van der Waals surface area contributed by atoms with Crippen LogP contribution in [0.1, 0.15) is 452 Å². The number of phosphoric ester groups is 2. The highest BCUT2D eigenvalue weighted by molar-refractivity contribution is 7.47. The average Bonchev–Trinajstić information content (AvgIpc) is 0.912. The normalized spacial score (nSPS) is 13.8. The minimum Gasteiger partial charge on any atom is -0.462 e. The minimum atomic E-state index is -4.96. The van der Waals surface area contributed by atoms with Crippen LogP contribution >= 0.6 is 15.6 Å². The highest BCUT2D eigenvalue weighted by Crippen LogP contribution is 2.45. The molecular formula is C84H164O17P2. The molecular weight excluding hydrogens is 1340 g/mol. The Morgan fingerprint density at radius 3 is 0.660 bits per heavy atom. The van der Waals surface area contributed by atoms with Gasteiger partial charge in [0.05, 0.1) is 26.4 Å². The van der Waals surface area contributed by atoms with Gasteiger partial charge in [0.15, 0.2) is 12.2 Å². The average molecular weight is 1510 g/mol. The molecule has 0 aromatic carbocycles. The molecule has 3 N–H and O–H groups in total. The van der Waals surface area contributed by atoms with Gasteiger partial charge in [0, 0.05) is 25.7 Å². The SMILES string of the molecule is CCCCCCCCCCCCCCCCCCCCC(=O)OC[C@H](COP(=O)(O)OC[C@@H](O)COP(=O)(O)OC[C@@H](COC(=O)CCCCCCCCCCC(C)C)OC(=O)CCCCCCCCCCCCCCCCCC)OC(=O)CCCCCCCCCCCCCCCCCCCC. The summed E-state index contributed by atoms with van der Waals surface area (Å²) in [5.74, 6) is -1.37. The van der Waals surface area contributed by atoms with Crippen LogP contribution in [-0.2, 0) is 65.4 Å². The fraction of sp³-hybridized carbons (Fsp3) is 0.952. The van der Waals surface area contributed by atoms with E-state index in [1.54, 1.807) is 0 Å². The maximum Gasteiger partial charge on any atom is 0.472 e. The van der Waals surface area contributed by atoms with Crippen LogP contribution in [0.5, 0.6) is 0 Å². The molecule has 17 nitrogen and oxygen atoms in total. The van der Waals surface area contributed by atoms with Crippen molar-refractivity contribution < 1.29 is 80.2 Å². The van der Waals surface area contributed by atoms with E-state index in [0.717, 1.165) is 95.8 Å². The smallest absolute Gasteiger partial charge is 0.462 e. The summed E-state index contributed by atoms with van der Waals surface area (Å²) in [5.41, 5.74) is 0. The fourth-order valence-corrected chi connectivity index (χ4v) is 14.7. The summed E-state index contributed by atoms with van der Waals surface area (Å²) in [6, 6.07) is 0. The van der Waals surface area contributed by atoms with Crippen LogP contribution in [0.3, 0.4) is 0 Å². The van der Waals surface area contributed by atoms with Gasteiger partial charge in [-0.25, -0.2) is 9.13 Å². The standard InChI is InChI=1S/C84H164O17P2/c1-6-9-12-15-18-21-24-27-30-33-35-38-40-43-46-52-57-62-67-81(86)94-73-79(100-83(88)70-65-60-55-48-45-42-39-36-34-31-28-25-22-19-16-13-10-7-2)75-98-102(90,91)96-71-78(85)72-97-103(92,93)99-76-80(74-95-82(87)68-63-58-53-50-49-51-56-61-66-77(4)5)101-84(89)69-64-59-54-47-44-41-37-32-29-26-23-20-17-14-11-8-3/h77-80,85H,6-76H2,1-5H3,(H,90,91)(H,92,93)/t78-,79-,80-/m1/s1. The van der Waals surface area contributed by atoms with Gasteiger partial charge in [-0.1, -0.05) is 401 Å². The van der Waals surface area contributed by atoms with E-state index in [2.05, 4.69) is 34.6 Å². The summed E-state index contributed by atoms with van der Waals surface area (Å²) in [6.45, 7) is 7.33. The molecule has 19 heteroatoms. The Balaban J connectivity index is 5.25. The summed E-state index contributed by atoms with van der Waals surface area (Å²) in [7, 11) is -9.92. The van der Waals surface area contributed by atoms with Crippen molar-refractivity contribution in [3.05, 3.63) is 0 Å². The molecule has 0 aromatic heterocycles. The van der Waals surface area contributed by atoms with Crippen molar-refractivity contribution in [1.29, 1.82) is 0 Å². The van der Waals surface area contributed by atoms with E-state index >= 15 is 0 Å². The largest absolute Gasteiger partial charge is 0.472 e. The zero-order chi connectivity index (χ0) is 75.5. The lowest BCUT2D eigenvalue weighted by Crippen LogP contribution is -2.30. The molecule has 0 heterocycles. The van der Waals surface area contributed by atoms with Crippen molar-refractivity contribution in [3.8, 4) is 0 Å². The maximum absolute atomic E-state index is 13.1. The monoisotopic (exact) mass is 1510 g/mol. The first-order valence-electron chi connectivity index (χ1n) is 43.6. The van der Waals surface area contributed by atoms with E-state index in [0.29, 0.717) is 25.7 Å². The van der Waals surface area contributed by atoms with Gasteiger partial charge < -0.3 is 33.8 Å². The third-order valence-corrected chi connectivity index (χ3v) is 21.7. The van der Waals surface area contributed by atoms with Crippen LogP contribution in [-0.4, -0.2) is 96.7 Å². The molecule has 0 aliphatic heterocycles. The van der Waals surface area contributed by atoms with E-state index in [4.69, 9.17) is 37.0 Å². The molecule has 2 unspecified atom stereocenters. The van der Waals surface area contributed by atoms with Gasteiger partial charge in [-0.3, -0.25) is 37.3 Å². The topological polar surface area (TPSA) is 237 Å². The lowest BCUT2D eigenvalue weighted by atomic mass is 10.0. The van der Waals surface area contributed by atoms with Crippen LogP contribution in [0, 0.1) is 5.92 Å². The van der Waals surface area contributed by atoms with E-state index < -0.39 is 97.5 Å². The molecule has 0 saturated carbocycles. The minimum absolute atomic E-state index is 0.108. The van der Waals surface area contributed by atoms with E-state index in [-0.39, 0.29) is 25.7 Å². The number of ether oxygens (including phenoxy) is 4. The molecule has 0 aromatic rings. The Kier molecular flexibility index (Phi) is 75.4. The first kappa shape index (κ1) is 101. The van der Waals surface area contributed by atoms with Crippen LogP contribution < -0.4 is 0 Å². The van der Waals surface area contributed by atoms with E-state index in [1.807, 2.05) is 0 Å². The molecule has 0 radical (unpaired) electrons. The second-order valence-electron chi connectivity index (χ2n) is 30.7. The Labute approximate surface area is 632 Å². The Hall–Kier alpha value is -1.94. The van der Waals surface area contributed by atoms with Crippen molar-refractivity contribution in [2.24, 2.45) is 5.92 Å². The van der Waals surface area contributed by atoms with E-state index in [1.165, 1.54) is 276 Å². The van der Waals surface area contributed by atoms with Gasteiger partial charge in [0.1, 0.15) is 19.3 Å². The zero-order valence-corrected chi connectivity index (χ0v) is 69.3. The highest BCUT2D eigenvalue weighted by Gasteiger charge is 2.30. The first-order chi connectivity index (χ1) is 50.0. The number of esters is 4. The predicted octanol–water partition coefficient (Wildman–Crippen LogP) is 25.6. The Bertz CT molecular complexity index is 1960. The Morgan fingerprint density at radius 1 is 0.262 bits per heavy atom. The molecule has 0 bridgehead atoms. The lowest BCUT2D eigenvalue weighted by molar-refractivity contribution is -0.161. The molecule has 0 spiro atoms. The number of carbonyl (C=O) groups excluding carboxylic acids is 4. The van der Waals surface area contributed by atoms with E-state index in [9.17, 15) is 43.2 Å².